The highest BCUT2D eigenvalue weighted by molar-refractivity contribution is 7.09. The average molecular weight is 345 g/mol. The molecule has 1 aromatic heterocycles. The number of carbonyl (C=O) groups is 2. The molecule has 0 aliphatic heterocycles. The van der Waals surface area contributed by atoms with Gasteiger partial charge in [-0.2, -0.15) is 0 Å². The Morgan fingerprint density at radius 1 is 1.45 bits per heavy atom. The van der Waals surface area contributed by atoms with E-state index >= 15 is 0 Å². The molecule has 122 valence electrons. The highest BCUT2D eigenvalue weighted by atomic mass is 35.5. The number of esters is 1. The molecule has 1 unspecified atom stereocenters. The SMILES string of the molecule is COC(=O)c1csc(CN(C(=O)C(C)Cl)C2CCCCC2)n1. The van der Waals surface area contributed by atoms with Gasteiger partial charge in [-0.3, -0.25) is 4.79 Å². The molecular weight excluding hydrogens is 324 g/mol. The molecule has 1 aliphatic carbocycles. The van der Waals surface area contributed by atoms with E-state index in [1.54, 1.807) is 12.3 Å². The first-order valence-corrected chi connectivity index (χ1v) is 8.81. The molecule has 0 bridgehead atoms. The predicted octanol–water partition coefficient (Wildman–Crippen LogP) is 3.22. The van der Waals surface area contributed by atoms with Crippen LogP contribution in [0.1, 0.15) is 54.5 Å². The summed E-state index contributed by atoms with van der Waals surface area (Å²) in [5.74, 6) is -0.521. The monoisotopic (exact) mass is 344 g/mol. The molecule has 1 atom stereocenters. The van der Waals surface area contributed by atoms with Gasteiger partial charge in [-0.1, -0.05) is 19.3 Å². The Kier molecular flexibility index (Phi) is 6.20. The van der Waals surface area contributed by atoms with Gasteiger partial charge in [-0.05, 0) is 19.8 Å². The van der Waals surface area contributed by atoms with Crippen LogP contribution in [0.15, 0.2) is 5.38 Å². The number of halogens is 1. The molecular formula is C15H21ClN2O3S. The predicted molar refractivity (Wildman–Crippen MR) is 86.2 cm³/mol. The lowest BCUT2D eigenvalue weighted by molar-refractivity contribution is -0.134. The van der Waals surface area contributed by atoms with Gasteiger partial charge < -0.3 is 9.64 Å². The molecule has 1 heterocycles. The molecule has 1 saturated carbocycles. The van der Waals surface area contributed by atoms with Crippen molar-refractivity contribution < 1.29 is 14.3 Å². The summed E-state index contributed by atoms with van der Waals surface area (Å²) < 4.78 is 4.66. The van der Waals surface area contributed by atoms with Crippen LogP contribution >= 0.6 is 22.9 Å². The van der Waals surface area contributed by atoms with Gasteiger partial charge in [0.1, 0.15) is 10.4 Å². The van der Waals surface area contributed by atoms with Gasteiger partial charge in [0.25, 0.3) is 0 Å². The van der Waals surface area contributed by atoms with Crippen LogP contribution < -0.4 is 0 Å². The minimum atomic E-state index is -0.554. The van der Waals surface area contributed by atoms with Crippen molar-refractivity contribution >= 4 is 34.8 Å². The van der Waals surface area contributed by atoms with E-state index in [4.69, 9.17) is 11.6 Å². The second kappa shape index (κ2) is 7.92. The molecule has 7 heteroatoms. The number of rotatable bonds is 5. The van der Waals surface area contributed by atoms with Gasteiger partial charge in [-0.15, -0.1) is 22.9 Å². The lowest BCUT2D eigenvalue weighted by Gasteiger charge is -2.34. The third kappa shape index (κ3) is 4.20. The van der Waals surface area contributed by atoms with Gasteiger partial charge in [0, 0.05) is 11.4 Å². The van der Waals surface area contributed by atoms with Crippen LogP contribution in [0.5, 0.6) is 0 Å². The summed E-state index contributed by atoms with van der Waals surface area (Å²) in [6.07, 6.45) is 5.50. The van der Waals surface area contributed by atoms with Crippen molar-refractivity contribution in [3.63, 3.8) is 0 Å². The molecule has 5 nitrogen and oxygen atoms in total. The second-order valence-electron chi connectivity index (χ2n) is 5.49. The zero-order valence-electron chi connectivity index (χ0n) is 12.9. The molecule has 1 amide bonds. The van der Waals surface area contributed by atoms with Crippen LogP contribution in [0.4, 0.5) is 0 Å². The van der Waals surface area contributed by atoms with Crippen molar-refractivity contribution in [3.05, 3.63) is 16.1 Å². The summed E-state index contributed by atoms with van der Waals surface area (Å²) in [5, 5.41) is 1.84. The topological polar surface area (TPSA) is 59.5 Å². The normalized spacial score (nSPS) is 17.0. The number of carbonyl (C=O) groups excluding carboxylic acids is 2. The number of alkyl halides is 1. The number of hydrogen-bond donors (Lipinski definition) is 0. The summed E-state index contributed by atoms with van der Waals surface area (Å²) in [6.45, 7) is 2.10. The van der Waals surface area contributed by atoms with Gasteiger partial charge in [0.05, 0.1) is 13.7 Å². The third-order valence-corrected chi connectivity index (χ3v) is 4.91. The van der Waals surface area contributed by atoms with Crippen molar-refractivity contribution in [2.75, 3.05) is 7.11 Å². The fourth-order valence-corrected chi connectivity index (χ4v) is 3.62. The molecule has 22 heavy (non-hydrogen) atoms. The van der Waals surface area contributed by atoms with E-state index < -0.39 is 11.3 Å². The summed E-state index contributed by atoms with van der Waals surface area (Å²) in [4.78, 5) is 30.0. The van der Waals surface area contributed by atoms with E-state index in [0.717, 1.165) is 30.7 Å². The Balaban J connectivity index is 2.13. The molecule has 1 aliphatic rings. The van der Waals surface area contributed by atoms with Crippen LogP contribution in [0.25, 0.3) is 0 Å². The maximum Gasteiger partial charge on any atom is 0.357 e. The zero-order chi connectivity index (χ0) is 16.1. The Morgan fingerprint density at radius 3 is 2.73 bits per heavy atom. The van der Waals surface area contributed by atoms with Crippen LogP contribution in [-0.2, 0) is 16.1 Å². The summed E-state index contributed by atoms with van der Waals surface area (Å²) in [5.41, 5.74) is 0.289. The maximum absolute atomic E-state index is 12.4. The minimum Gasteiger partial charge on any atom is -0.464 e. The van der Waals surface area contributed by atoms with Crippen LogP contribution in [-0.4, -0.2) is 40.3 Å². The minimum absolute atomic E-state index is 0.0663. The lowest BCUT2D eigenvalue weighted by atomic mass is 9.94. The van der Waals surface area contributed by atoms with Crippen molar-refractivity contribution in [1.82, 2.24) is 9.88 Å². The summed E-state index contributed by atoms with van der Waals surface area (Å²) >= 11 is 7.37. The van der Waals surface area contributed by atoms with Crippen LogP contribution in [0.2, 0.25) is 0 Å². The molecule has 2 rings (SSSR count). The fraction of sp³-hybridized carbons (Fsp3) is 0.667. The Bertz CT molecular complexity index is 527. The van der Waals surface area contributed by atoms with Crippen molar-refractivity contribution in [3.8, 4) is 0 Å². The number of hydrogen-bond acceptors (Lipinski definition) is 5. The van der Waals surface area contributed by atoms with Gasteiger partial charge in [-0.25, -0.2) is 9.78 Å². The van der Waals surface area contributed by atoms with Crippen molar-refractivity contribution in [2.24, 2.45) is 0 Å². The van der Waals surface area contributed by atoms with E-state index in [1.165, 1.54) is 24.9 Å². The number of nitrogens with zero attached hydrogens (tertiary/aromatic N) is 2. The van der Waals surface area contributed by atoms with E-state index in [0.29, 0.717) is 6.54 Å². The number of amides is 1. The zero-order valence-corrected chi connectivity index (χ0v) is 14.5. The van der Waals surface area contributed by atoms with Crippen molar-refractivity contribution in [2.45, 2.75) is 57.0 Å². The molecule has 1 aromatic rings. The first-order chi connectivity index (χ1) is 10.5. The number of methoxy groups -OCH3 is 1. The molecule has 0 saturated heterocycles. The highest BCUT2D eigenvalue weighted by Gasteiger charge is 2.28. The second-order valence-corrected chi connectivity index (χ2v) is 7.09. The Hall–Kier alpha value is -1.14. The average Bonchev–Trinajstić information content (AvgIpc) is 3.00. The molecule has 0 radical (unpaired) electrons. The summed E-state index contributed by atoms with van der Waals surface area (Å²) in [6, 6.07) is 0.216. The Labute approximate surface area is 139 Å². The molecule has 0 N–H and O–H groups in total. The third-order valence-electron chi connectivity index (χ3n) is 3.89. The number of ether oxygens (including phenoxy) is 1. The van der Waals surface area contributed by atoms with E-state index in [-0.39, 0.29) is 17.6 Å². The summed E-state index contributed by atoms with van der Waals surface area (Å²) in [7, 11) is 1.33. The highest BCUT2D eigenvalue weighted by Crippen LogP contribution is 2.26. The number of thiazole rings is 1. The fourth-order valence-electron chi connectivity index (χ4n) is 2.74. The van der Waals surface area contributed by atoms with Gasteiger partial charge in [0.2, 0.25) is 5.91 Å². The molecule has 0 spiro atoms. The standard InChI is InChI=1S/C15H21ClN2O3S/c1-10(16)14(19)18(11-6-4-3-5-7-11)8-13-17-12(9-22-13)15(20)21-2/h9-11H,3-8H2,1-2H3. The van der Waals surface area contributed by atoms with E-state index in [2.05, 4.69) is 9.72 Å². The lowest BCUT2D eigenvalue weighted by Crippen LogP contribution is -2.43. The quantitative estimate of drug-likeness (QED) is 0.608. The van der Waals surface area contributed by atoms with Crippen LogP contribution in [0, 0.1) is 0 Å². The van der Waals surface area contributed by atoms with Crippen molar-refractivity contribution in [1.29, 1.82) is 0 Å². The maximum atomic E-state index is 12.4. The van der Waals surface area contributed by atoms with Gasteiger partial charge >= 0.3 is 5.97 Å². The molecule has 1 fully saturated rings. The van der Waals surface area contributed by atoms with Gasteiger partial charge in [0.15, 0.2) is 5.69 Å². The Morgan fingerprint density at radius 2 is 2.14 bits per heavy atom. The van der Waals surface area contributed by atoms with E-state index in [9.17, 15) is 9.59 Å². The first kappa shape index (κ1) is 17.2. The van der Waals surface area contributed by atoms with Crippen LogP contribution in [0.3, 0.4) is 0 Å². The smallest absolute Gasteiger partial charge is 0.357 e. The largest absolute Gasteiger partial charge is 0.464 e. The number of aromatic nitrogens is 1. The first-order valence-electron chi connectivity index (χ1n) is 7.50. The molecule has 0 aromatic carbocycles. The van der Waals surface area contributed by atoms with E-state index in [1.807, 2.05) is 4.90 Å².